The lowest BCUT2D eigenvalue weighted by atomic mass is 10.2. The van der Waals surface area contributed by atoms with Crippen molar-refractivity contribution >= 4 is 22.5 Å². The molecule has 2 heterocycles. The summed E-state index contributed by atoms with van der Waals surface area (Å²) in [6.45, 7) is 0. The highest BCUT2D eigenvalue weighted by atomic mass is 19.4. The Hall–Kier alpha value is -3.86. The average molecular weight is 379 g/mol. The van der Waals surface area contributed by atoms with Crippen molar-refractivity contribution in [2.75, 3.05) is 5.32 Å². The van der Waals surface area contributed by atoms with Gasteiger partial charge in [-0.25, -0.2) is 9.97 Å². The largest absolute Gasteiger partial charge is 0.416 e. The van der Waals surface area contributed by atoms with Gasteiger partial charge in [0.1, 0.15) is 17.7 Å². The van der Waals surface area contributed by atoms with Gasteiger partial charge < -0.3 is 10.3 Å². The molecule has 0 amide bonds. The first-order valence-electron chi connectivity index (χ1n) is 8.23. The number of H-pyrrole nitrogens is 1. The minimum atomic E-state index is -4.41. The lowest BCUT2D eigenvalue weighted by Crippen LogP contribution is -2.04. The van der Waals surface area contributed by atoms with Crippen LogP contribution in [0.5, 0.6) is 0 Å². The van der Waals surface area contributed by atoms with Crippen molar-refractivity contribution < 1.29 is 13.2 Å². The van der Waals surface area contributed by atoms with Crippen LogP contribution in [0, 0.1) is 11.3 Å². The number of benzene rings is 2. The van der Waals surface area contributed by atoms with E-state index in [-0.39, 0.29) is 0 Å². The van der Waals surface area contributed by atoms with Crippen LogP contribution in [0.25, 0.3) is 22.4 Å². The summed E-state index contributed by atoms with van der Waals surface area (Å²) in [7, 11) is 0. The predicted octanol–water partition coefficient (Wildman–Crippen LogP) is 5.26. The van der Waals surface area contributed by atoms with Crippen LogP contribution in [0.2, 0.25) is 0 Å². The predicted molar refractivity (Wildman–Crippen MR) is 98.8 cm³/mol. The van der Waals surface area contributed by atoms with Crippen molar-refractivity contribution in [1.29, 1.82) is 5.26 Å². The molecule has 0 saturated heterocycles. The molecular weight excluding hydrogens is 367 g/mol. The Morgan fingerprint density at radius 3 is 2.61 bits per heavy atom. The second-order valence-corrected chi connectivity index (χ2v) is 6.06. The number of nitriles is 1. The number of anilines is 2. The summed E-state index contributed by atoms with van der Waals surface area (Å²) < 4.78 is 38.7. The van der Waals surface area contributed by atoms with Crippen LogP contribution in [-0.2, 0) is 6.18 Å². The highest BCUT2D eigenvalue weighted by molar-refractivity contribution is 5.81. The number of rotatable bonds is 3. The zero-order valence-electron chi connectivity index (χ0n) is 14.2. The Labute approximate surface area is 157 Å². The number of nitrogens with one attached hydrogen (secondary N) is 2. The summed E-state index contributed by atoms with van der Waals surface area (Å²) in [5.41, 5.74) is 1.94. The first-order valence-corrected chi connectivity index (χ1v) is 8.23. The fourth-order valence-corrected chi connectivity index (χ4v) is 2.75. The second kappa shape index (κ2) is 6.70. The van der Waals surface area contributed by atoms with E-state index in [2.05, 4.69) is 20.3 Å². The van der Waals surface area contributed by atoms with Crippen LogP contribution in [0.1, 0.15) is 11.1 Å². The van der Waals surface area contributed by atoms with E-state index < -0.39 is 11.7 Å². The van der Waals surface area contributed by atoms with Crippen molar-refractivity contribution in [2.45, 2.75) is 6.18 Å². The van der Waals surface area contributed by atoms with Gasteiger partial charge in [0, 0.05) is 17.4 Å². The van der Waals surface area contributed by atoms with Crippen LogP contribution in [0.3, 0.4) is 0 Å². The summed E-state index contributed by atoms with van der Waals surface area (Å²) in [6, 6.07) is 16.0. The Morgan fingerprint density at radius 1 is 1.04 bits per heavy atom. The molecular formula is C20H12F3N5. The number of nitrogens with zero attached hydrogens (tertiary/aromatic N) is 3. The maximum atomic E-state index is 12.9. The van der Waals surface area contributed by atoms with E-state index in [1.165, 1.54) is 12.3 Å². The first kappa shape index (κ1) is 17.5. The minimum absolute atomic E-state index is 0.317. The van der Waals surface area contributed by atoms with E-state index in [4.69, 9.17) is 5.26 Å². The molecule has 0 atom stereocenters. The van der Waals surface area contributed by atoms with Gasteiger partial charge in [0.25, 0.3) is 0 Å². The van der Waals surface area contributed by atoms with E-state index in [9.17, 15) is 13.2 Å². The molecule has 0 aliphatic rings. The number of pyridine rings is 1. The lowest BCUT2D eigenvalue weighted by Gasteiger charge is -2.06. The van der Waals surface area contributed by atoms with E-state index in [1.54, 1.807) is 24.3 Å². The zero-order chi connectivity index (χ0) is 19.7. The fourth-order valence-electron chi connectivity index (χ4n) is 2.75. The second-order valence-electron chi connectivity index (χ2n) is 6.06. The van der Waals surface area contributed by atoms with Crippen LogP contribution in [0.15, 0.2) is 60.8 Å². The van der Waals surface area contributed by atoms with E-state index in [1.807, 2.05) is 18.2 Å². The van der Waals surface area contributed by atoms with Crippen LogP contribution in [0.4, 0.5) is 24.7 Å². The molecule has 5 nitrogen and oxygen atoms in total. The SMILES string of the molecule is N#Cc1ccc(Nc2cccc(-c3nc4ccc(C(F)(F)F)cc4[nH]3)c2)nc1. The highest BCUT2D eigenvalue weighted by Gasteiger charge is 2.30. The molecule has 0 radical (unpaired) electrons. The van der Waals surface area contributed by atoms with Gasteiger partial charge in [-0.15, -0.1) is 0 Å². The van der Waals surface area contributed by atoms with Crippen LogP contribution >= 0.6 is 0 Å². The van der Waals surface area contributed by atoms with Crippen molar-refractivity contribution in [3.8, 4) is 17.5 Å². The Balaban J connectivity index is 1.64. The van der Waals surface area contributed by atoms with E-state index >= 15 is 0 Å². The normalized spacial score (nSPS) is 11.4. The van der Waals surface area contributed by atoms with Gasteiger partial charge in [-0.3, -0.25) is 0 Å². The molecule has 4 rings (SSSR count). The molecule has 138 valence electrons. The van der Waals surface area contributed by atoms with Crippen molar-refractivity contribution in [1.82, 2.24) is 15.0 Å². The third-order valence-electron chi connectivity index (χ3n) is 4.11. The van der Waals surface area contributed by atoms with Gasteiger partial charge in [0.2, 0.25) is 0 Å². The number of hydrogen-bond acceptors (Lipinski definition) is 4. The third-order valence-corrected chi connectivity index (χ3v) is 4.11. The molecule has 0 fully saturated rings. The molecule has 0 saturated carbocycles. The molecule has 2 N–H and O–H groups in total. The number of imidazole rings is 1. The molecule has 2 aromatic carbocycles. The van der Waals surface area contributed by atoms with Gasteiger partial charge in [0.15, 0.2) is 0 Å². The standard InChI is InChI=1S/C20H12F3N5/c21-20(22,23)14-5-6-16-17(9-14)28-19(27-16)13-2-1-3-15(8-13)26-18-7-4-12(10-24)11-25-18/h1-9,11H,(H,25,26)(H,27,28). The number of aromatic nitrogens is 3. The molecule has 28 heavy (non-hydrogen) atoms. The molecule has 0 aliphatic carbocycles. The van der Waals surface area contributed by atoms with Crippen molar-refractivity contribution in [3.63, 3.8) is 0 Å². The molecule has 0 bridgehead atoms. The van der Waals surface area contributed by atoms with Crippen LogP contribution < -0.4 is 5.32 Å². The fraction of sp³-hybridized carbons (Fsp3) is 0.0500. The Bertz CT molecular complexity index is 1190. The lowest BCUT2D eigenvalue weighted by molar-refractivity contribution is -0.137. The Kier molecular flexibility index (Phi) is 4.20. The summed E-state index contributed by atoms with van der Waals surface area (Å²) >= 11 is 0. The summed E-state index contributed by atoms with van der Waals surface area (Å²) in [6.07, 6.45) is -2.94. The number of fused-ring (bicyclic) bond motifs is 1. The van der Waals surface area contributed by atoms with Crippen molar-refractivity contribution in [2.24, 2.45) is 0 Å². The average Bonchev–Trinajstić information content (AvgIpc) is 3.12. The molecule has 2 aromatic heterocycles. The van der Waals surface area contributed by atoms with Gasteiger partial charge in [-0.2, -0.15) is 18.4 Å². The maximum Gasteiger partial charge on any atom is 0.416 e. The van der Waals surface area contributed by atoms with Crippen molar-refractivity contribution in [3.05, 3.63) is 71.9 Å². The van der Waals surface area contributed by atoms with Gasteiger partial charge >= 0.3 is 6.18 Å². The summed E-state index contributed by atoms with van der Waals surface area (Å²) in [5, 5.41) is 11.9. The van der Waals surface area contributed by atoms with Gasteiger partial charge in [0.05, 0.1) is 22.2 Å². The maximum absolute atomic E-state index is 12.9. The molecule has 4 aromatic rings. The Morgan fingerprint density at radius 2 is 1.89 bits per heavy atom. The summed E-state index contributed by atoms with van der Waals surface area (Å²) in [5.74, 6) is 1.03. The minimum Gasteiger partial charge on any atom is -0.340 e. The monoisotopic (exact) mass is 379 g/mol. The van der Waals surface area contributed by atoms with Crippen LogP contribution in [-0.4, -0.2) is 15.0 Å². The first-order chi connectivity index (χ1) is 13.4. The van der Waals surface area contributed by atoms with E-state index in [0.717, 1.165) is 17.8 Å². The number of hydrogen-bond donors (Lipinski definition) is 2. The molecule has 0 aliphatic heterocycles. The highest BCUT2D eigenvalue weighted by Crippen LogP contribution is 2.32. The quantitative estimate of drug-likeness (QED) is 0.509. The van der Waals surface area contributed by atoms with Gasteiger partial charge in [-0.05, 0) is 42.5 Å². The number of alkyl halides is 3. The topological polar surface area (TPSA) is 77.4 Å². The smallest absolute Gasteiger partial charge is 0.340 e. The zero-order valence-corrected chi connectivity index (χ0v) is 14.2. The number of halogens is 3. The molecule has 0 spiro atoms. The van der Waals surface area contributed by atoms with Gasteiger partial charge in [-0.1, -0.05) is 12.1 Å². The number of aromatic amines is 1. The molecule has 8 heteroatoms. The molecule has 0 unspecified atom stereocenters. The third kappa shape index (κ3) is 3.50. The summed E-state index contributed by atoms with van der Waals surface area (Å²) in [4.78, 5) is 11.5. The van der Waals surface area contributed by atoms with E-state index in [0.29, 0.717) is 33.8 Å².